The maximum atomic E-state index is 9.87. The third kappa shape index (κ3) is 14.1. The zero-order valence-electron chi connectivity index (χ0n) is 15.5. The highest BCUT2D eigenvalue weighted by Gasteiger charge is 2.05. The van der Waals surface area contributed by atoms with Gasteiger partial charge in [-0.3, -0.25) is 0 Å². The minimum absolute atomic E-state index is 0.620. The van der Waals surface area contributed by atoms with Crippen LogP contribution in [-0.4, -0.2) is 18.0 Å². The molecule has 0 aromatic rings. The Morgan fingerprint density at radius 3 is 2.14 bits per heavy atom. The third-order valence-corrected chi connectivity index (χ3v) is 3.63. The van der Waals surface area contributed by atoms with Crippen LogP contribution in [0, 0.1) is 5.92 Å². The Morgan fingerprint density at radius 2 is 1.55 bits per heavy atom. The summed E-state index contributed by atoms with van der Waals surface area (Å²) in [5, 5.41) is 9.87. The average Bonchev–Trinajstić information content (AvgIpc) is 2.37. The number of aliphatic hydroxyl groups is 1. The minimum atomic E-state index is -0.767. The first-order chi connectivity index (χ1) is 10.3. The topological polar surface area (TPSA) is 29.5 Å². The second-order valence-corrected chi connectivity index (χ2v) is 6.85. The highest BCUT2D eigenvalue weighted by Crippen LogP contribution is 2.13. The fourth-order valence-electron chi connectivity index (χ4n) is 2.15. The van der Waals surface area contributed by atoms with E-state index >= 15 is 0 Å². The molecule has 0 aliphatic heterocycles. The van der Waals surface area contributed by atoms with Gasteiger partial charge in [0.2, 0.25) is 0 Å². The van der Waals surface area contributed by atoms with E-state index in [0.717, 1.165) is 25.7 Å². The number of allylic oxidation sites excluding steroid dienone is 5. The zero-order valence-corrected chi connectivity index (χ0v) is 15.5. The predicted molar refractivity (Wildman–Crippen MR) is 96.8 cm³/mol. The first-order valence-corrected chi connectivity index (χ1v) is 8.55. The fraction of sp³-hybridized carbons (Fsp3) is 0.700. The lowest BCUT2D eigenvalue weighted by molar-refractivity contribution is -0.0679. The number of aliphatic hydroxyl groups excluding tert-OH is 1. The van der Waals surface area contributed by atoms with Crippen molar-refractivity contribution in [3.8, 4) is 0 Å². The van der Waals surface area contributed by atoms with Gasteiger partial charge in [-0.05, 0) is 78.7 Å². The molecule has 1 unspecified atom stereocenters. The van der Waals surface area contributed by atoms with E-state index in [1.54, 1.807) is 0 Å². The van der Waals surface area contributed by atoms with Crippen molar-refractivity contribution in [2.45, 2.75) is 79.9 Å². The van der Waals surface area contributed by atoms with Crippen molar-refractivity contribution < 1.29 is 9.84 Å². The Bertz CT molecular complexity index is 369. The molecular formula is C20H36O2. The van der Waals surface area contributed by atoms with Gasteiger partial charge in [0.1, 0.15) is 0 Å². The van der Waals surface area contributed by atoms with Gasteiger partial charge < -0.3 is 9.84 Å². The summed E-state index contributed by atoms with van der Waals surface area (Å²) < 4.78 is 5.49. The van der Waals surface area contributed by atoms with Crippen molar-refractivity contribution in [2.75, 3.05) is 6.61 Å². The molecule has 1 N–H and O–H groups in total. The van der Waals surface area contributed by atoms with Crippen LogP contribution in [0.3, 0.4) is 0 Å². The van der Waals surface area contributed by atoms with Crippen LogP contribution in [0.4, 0.5) is 0 Å². The van der Waals surface area contributed by atoms with Crippen LogP contribution in [0.15, 0.2) is 34.9 Å². The lowest BCUT2D eigenvalue weighted by Gasteiger charge is -2.13. The van der Waals surface area contributed by atoms with Crippen molar-refractivity contribution in [1.29, 1.82) is 0 Å². The summed E-state index contributed by atoms with van der Waals surface area (Å²) in [6.45, 7) is 13.4. The molecule has 0 amide bonds. The van der Waals surface area contributed by atoms with E-state index in [4.69, 9.17) is 4.74 Å². The minimum Gasteiger partial charge on any atom is -0.365 e. The molecule has 0 spiro atoms. The van der Waals surface area contributed by atoms with Crippen molar-refractivity contribution in [2.24, 2.45) is 5.92 Å². The number of hydrogen-bond acceptors (Lipinski definition) is 2. The van der Waals surface area contributed by atoms with E-state index in [1.165, 1.54) is 23.1 Å². The third-order valence-electron chi connectivity index (χ3n) is 3.63. The van der Waals surface area contributed by atoms with E-state index in [1.807, 2.05) is 13.0 Å². The molecule has 2 atom stereocenters. The van der Waals surface area contributed by atoms with Crippen LogP contribution in [-0.2, 0) is 4.74 Å². The van der Waals surface area contributed by atoms with Gasteiger partial charge in [0.05, 0.1) is 6.61 Å². The van der Waals surface area contributed by atoms with Crippen molar-refractivity contribution >= 4 is 0 Å². The Hall–Kier alpha value is -0.860. The van der Waals surface area contributed by atoms with E-state index in [9.17, 15) is 5.11 Å². The van der Waals surface area contributed by atoms with E-state index < -0.39 is 6.29 Å². The molecular weight excluding hydrogens is 272 g/mol. The highest BCUT2D eigenvalue weighted by atomic mass is 16.6. The Labute approximate surface area is 138 Å². The molecule has 0 rings (SSSR count). The lowest BCUT2D eigenvalue weighted by atomic mass is 10.0. The monoisotopic (exact) mass is 308 g/mol. The first kappa shape index (κ1) is 21.1. The first-order valence-electron chi connectivity index (χ1n) is 8.55. The van der Waals surface area contributed by atoms with Crippen LogP contribution in [0.1, 0.15) is 73.6 Å². The summed E-state index contributed by atoms with van der Waals surface area (Å²) in [5.41, 5.74) is 3.90. The van der Waals surface area contributed by atoms with E-state index in [2.05, 4.69) is 46.8 Å². The molecule has 0 aromatic carbocycles. The number of hydrogen-bond donors (Lipinski definition) is 1. The molecule has 0 heterocycles. The average molecular weight is 309 g/mol. The van der Waals surface area contributed by atoms with Crippen LogP contribution in [0.5, 0.6) is 0 Å². The van der Waals surface area contributed by atoms with Crippen molar-refractivity contribution in [3.63, 3.8) is 0 Å². The maximum absolute atomic E-state index is 9.87. The Kier molecular flexibility index (Phi) is 12.2. The molecule has 0 radical (unpaired) electrons. The lowest BCUT2D eigenvalue weighted by Crippen LogP contribution is -2.12. The van der Waals surface area contributed by atoms with Gasteiger partial charge in [0.25, 0.3) is 0 Å². The van der Waals surface area contributed by atoms with Crippen LogP contribution >= 0.6 is 0 Å². The largest absolute Gasteiger partial charge is 0.365 e. The SMILES string of the molecule is CC(C)=CCC/C(C)=C\C(O)OCC[C@@H](C)CCC=C(C)C. The standard InChI is InChI=1S/C20H36O2/c1-16(2)9-7-11-18(5)13-14-22-20(21)15-19(6)12-8-10-17(3)4/h9-10,15,18,20-21H,7-8,11-14H2,1-6H3/b19-15-/t18-,20?/m0/s1. The molecule has 0 aromatic heterocycles. The molecule has 0 aliphatic carbocycles. The summed E-state index contributed by atoms with van der Waals surface area (Å²) >= 11 is 0. The predicted octanol–water partition coefficient (Wildman–Crippen LogP) is 5.79. The molecule has 0 saturated heterocycles. The van der Waals surface area contributed by atoms with Crippen molar-refractivity contribution in [3.05, 3.63) is 34.9 Å². The van der Waals surface area contributed by atoms with Gasteiger partial charge in [0.15, 0.2) is 6.29 Å². The van der Waals surface area contributed by atoms with Gasteiger partial charge in [-0.2, -0.15) is 0 Å². The molecule has 0 bridgehead atoms. The molecule has 128 valence electrons. The maximum Gasteiger partial charge on any atom is 0.174 e. The molecule has 2 heteroatoms. The Balaban J connectivity index is 3.85. The molecule has 0 fully saturated rings. The molecule has 0 saturated carbocycles. The number of ether oxygens (including phenoxy) is 1. The Morgan fingerprint density at radius 1 is 0.955 bits per heavy atom. The van der Waals surface area contributed by atoms with Gasteiger partial charge in [-0.25, -0.2) is 0 Å². The second kappa shape index (κ2) is 12.7. The summed E-state index contributed by atoms with van der Waals surface area (Å²) in [6.07, 6.45) is 10.9. The molecule has 2 nitrogen and oxygen atoms in total. The highest BCUT2D eigenvalue weighted by molar-refractivity contribution is 5.03. The van der Waals surface area contributed by atoms with Crippen LogP contribution in [0.25, 0.3) is 0 Å². The van der Waals surface area contributed by atoms with Gasteiger partial charge >= 0.3 is 0 Å². The second-order valence-electron chi connectivity index (χ2n) is 6.85. The van der Waals surface area contributed by atoms with Crippen LogP contribution in [0.2, 0.25) is 0 Å². The van der Waals surface area contributed by atoms with E-state index in [-0.39, 0.29) is 0 Å². The van der Waals surface area contributed by atoms with Gasteiger partial charge in [-0.15, -0.1) is 0 Å². The number of rotatable bonds is 11. The smallest absolute Gasteiger partial charge is 0.174 e. The summed E-state index contributed by atoms with van der Waals surface area (Å²) in [5.74, 6) is 0.630. The summed E-state index contributed by atoms with van der Waals surface area (Å²) in [7, 11) is 0. The van der Waals surface area contributed by atoms with Gasteiger partial charge in [-0.1, -0.05) is 35.8 Å². The quantitative estimate of drug-likeness (QED) is 0.387. The zero-order chi connectivity index (χ0) is 17.0. The molecule has 0 aliphatic rings. The molecule has 22 heavy (non-hydrogen) atoms. The van der Waals surface area contributed by atoms with E-state index in [0.29, 0.717) is 12.5 Å². The van der Waals surface area contributed by atoms with Gasteiger partial charge in [0, 0.05) is 0 Å². The summed E-state index contributed by atoms with van der Waals surface area (Å²) in [6, 6.07) is 0. The normalized spacial score (nSPS) is 14.4. The fourth-order valence-corrected chi connectivity index (χ4v) is 2.15. The summed E-state index contributed by atoms with van der Waals surface area (Å²) in [4.78, 5) is 0. The van der Waals surface area contributed by atoms with Crippen molar-refractivity contribution in [1.82, 2.24) is 0 Å². The van der Waals surface area contributed by atoms with Crippen LogP contribution < -0.4 is 0 Å².